The van der Waals surface area contributed by atoms with Gasteiger partial charge in [0.15, 0.2) is 5.82 Å². The second kappa shape index (κ2) is 7.79. The number of anilines is 1. The number of benzene rings is 2. The first kappa shape index (κ1) is 18.7. The summed E-state index contributed by atoms with van der Waals surface area (Å²) in [5.74, 6) is 0.196. The molecule has 4 rings (SSSR count). The van der Waals surface area contributed by atoms with Gasteiger partial charge in [-0.15, -0.1) is 0 Å². The van der Waals surface area contributed by atoms with Gasteiger partial charge >= 0.3 is 0 Å². The largest absolute Gasteiger partial charge is 0.381 e. The second-order valence-electron chi connectivity index (χ2n) is 5.92. The average Bonchev–Trinajstić information content (AvgIpc) is 2.69. The SMILES string of the molecule is Nc1nc(Cl)cnc1Sc1ccc2ncn(Cc3ccccc3)c(=O)c2c1Cl. The van der Waals surface area contributed by atoms with Crippen LogP contribution in [0.4, 0.5) is 5.82 Å². The number of nitrogen functional groups attached to an aromatic ring is 1. The van der Waals surface area contributed by atoms with Crippen LogP contribution in [-0.4, -0.2) is 19.5 Å². The minimum Gasteiger partial charge on any atom is -0.381 e. The van der Waals surface area contributed by atoms with Crippen molar-refractivity contribution in [1.29, 1.82) is 0 Å². The third-order valence-corrected chi connectivity index (χ3v) is 5.79. The van der Waals surface area contributed by atoms with E-state index < -0.39 is 0 Å². The van der Waals surface area contributed by atoms with E-state index in [1.807, 2.05) is 30.3 Å². The molecule has 0 amide bonds. The number of halogens is 2. The monoisotopic (exact) mass is 429 g/mol. The molecule has 0 saturated carbocycles. The van der Waals surface area contributed by atoms with E-state index in [4.69, 9.17) is 28.9 Å². The van der Waals surface area contributed by atoms with Gasteiger partial charge in [0.05, 0.1) is 35.0 Å². The molecular weight excluding hydrogens is 417 g/mol. The lowest BCUT2D eigenvalue weighted by Gasteiger charge is -2.10. The van der Waals surface area contributed by atoms with Gasteiger partial charge in [0.25, 0.3) is 5.56 Å². The van der Waals surface area contributed by atoms with Crippen LogP contribution in [0.5, 0.6) is 0 Å². The van der Waals surface area contributed by atoms with Gasteiger partial charge in [-0.2, -0.15) is 0 Å². The van der Waals surface area contributed by atoms with E-state index in [2.05, 4.69) is 15.0 Å². The summed E-state index contributed by atoms with van der Waals surface area (Å²) in [5.41, 5.74) is 7.18. The third-order valence-electron chi connectivity index (χ3n) is 4.03. The molecule has 0 unspecified atom stereocenters. The van der Waals surface area contributed by atoms with Gasteiger partial charge in [-0.1, -0.05) is 65.3 Å². The van der Waals surface area contributed by atoms with E-state index in [1.54, 1.807) is 12.1 Å². The fourth-order valence-electron chi connectivity index (χ4n) is 2.71. The van der Waals surface area contributed by atoms with Crippen LogP contribution in [0.3, 0.4) is 0 Å². The fraction of sp³-hybridized carbons (Fsp3) is 0.0526. The molecule has 2 heterocycles. The van der Waals surface area contributed by atoms with Crippen molar-refractivity contribution in [2.24, 2.45) is 0 Å². The Balaban J connectivity index is 1.77. The van der Waals surface area contributed by atoms with Crippen molar-refractivity contribution in [2.45, 2.75) is 16.5 Å². The van der Waals surface area contributed by atoms with E-state index in [0.717, 1.165) is 5.56 Å². The summed E-state index contributed by atoms with van der Waals surface area (Å²) in [4.78, 5) is 26.2. The highest BCUT2D eigenvalue weighted by molar-refractivity contribution is 7.99. The van der Waals surface area contributed by atoms with E-state index in [0.29, 0.717) is 32.4 Å². The van der Waals surface area contributed by atoms with Crippen molar-refractivity contribution in [1.82, 2.24) is 19.5 Å². The fourth-order valence-corrected chi connectivity index (χ4v) is 4.00. The van der Waals surface area contributed by atoms with E-state index in [9.17, 15) is 4.79 Å². The summed E-state index contributed by atoms with van der Waals surface area (Å²) in [5, 5.41) is 1.32. The van der Waals surface area contributed by atoms with Crippen molar-refractivity contribution in [3.8, 4) is 0 Å². The molecule has 0 aliphatic heterocycles. The van der Waals surface area contributed by atoms with Crippen LogP contribution in [0.2, 0.25) is 10.2 Å². The minimum absolute atomic E-state index is 0.196. The zero-order valence-electron chi connectivity index (χ0n) is 14.3. The first-order valence-electron chi connectivity index (χ1n) is 8.20. The molecule has 28 heavy (non-hydrogen) atoms. The topological polar surface area (TPSA) is 86.7 Å². The Hall–Kier alpha value is -2.61. The van der Waals surface area contributed by atoms with Crippen molar-refractivity contribution < 1.29 is 0 Å². The van der Waals surface area contributed by atoms with Gasteiger partial charge in [0.2, 0.25) is 0 Å². The smallest absolute Gasteiger partial charge is 0.263 e. The molecule has 2 N–H and O–H groups in total. The molecule has 0 radical (unpaired) electrons. The predicted octanol–water partition coefficient (Wildman–Crippen LogP) is 4.28. The maximum absolute atomic E-state index is 13.0. The van der Waals surface area contributed by atoms with Crippen LogP contribution < -0.4 is 11.3 Å². The lowest BCUT2D eigenvalue weighted by molar-refractivity contribution is 0.748. The lowest BCUT2D eigenvalue weighted by atomic mass is 10.2. The number of hydrogen-bond acceptors (Lipinski definition) is 6. The summed E-state index contributed by atoms with van der Waals surface area (Å²) >= 11 is 13.6. The highest BCUT2D eigenvalue weighted by Crippen LogP contribution is 2.37. The Morgan fingerprint density at radius 2 is 1.86 bits per heavy atom. The molecule has 0 atom stereocenters. The molecule has 0 bridgehead atoms. The second-order valence-corrected chi connectivity index (χ2v) is 7.72. The van der Waals surface area contributed by atoms with Crippen LogP contribution in [-0.2, 0) is 6.54 Å². The van der Waals surface area contributed by atoms with Gasteiger partial charge < -0.3 is 5.73 Å². The Kier molecular flexibility index (Phi) is 5.21. The van der Waals surface area contributed by atoms with Crippen LogP contribution in [0.1, 0.15) is 5.56 Å². The molecule has 140 valence electrons. The highest BCUT2D eigenvalue weighted by Gasteiger charge is 2.15. The molecule has 9 heteroatoms. The quantitative estimate of drug-likeness (QED) is 0.520. The maximum atomic E-state index is 13.0. The van der Waals surface area contributed by atoms with Crippen molar-refractivity contribution in [3.05, 3.63) is 81.1 Å². The summed E-state index contributed by atoms with van der Waals surface area (Å²) in [6, 6.07) is 13.2. The molecule has 2 aromatic carbocycles. The number of aromatic nitrogens is 4. The zero-order chi connectivity index (χ0) is 19.7. The van der Waals surface area contributed by atoms with Gasteiger partial charge in [-0.3, -0.25) is 9.36 Å². The van der Waals surface area contributed by atoms with E-state index >= 15 is 0 Å². The van der Waals surface area contributed by atoms with Crippen LogP contribution in [0, 0.1) is 0 Å². The van der Waals surface area contributed by atoms with Crippen LogP contribution in [0.15, 0.2) is 69.7 Å². The van der Waals surface area contributed by atoms with Crippen molar-refractivity contribution >= 4 is 51.7 Å². The standard InChI is InChI=1S/C19H13Cl2N5OS/c20-14-8-23-18(17(22)25-14)28-13-7-6-12-15(16(13)21)19(27)26(10-24-12)9-11-4-2-1-3-5-11/h1-8,10H,9H2,(H2,22,25). The average molecular weight is 430 g/mol. The molecule has 0 saturated heterocycles. The molecular formula is C19H13Cl2N5OS. The Bertz CT molecular complexity index is 1230. The first-order valence-corrected chi connectivity index (χ1v) is 9.77. The molecule has 2 aromatic heterocycles. The Labute approximate surface area is 174 Å². The maximum Gasteiger partial charge on any atom is 0.263 e. The van der Waals surface area contributed by atoms with Gasteiger partial charge in [-0.05, 0) is 17.7 Å². The summed E-state index contributed by atoms with van der Waals surface area (Å²) in [7, 11) is 0. The number of nitrogens with two attached hydrogens (primary N) is 1. The lowest BCUT2D eigenvalue weighted by Crippen LogP contribution is -2.21. The Morgan fingerprint density at radius 1 is 1.07 bits per heavy atom. The van der Waals surface area contributed by atoms with Crippen molar-refractivity contribution in [2.75, 3.05) is 5.73 Å². The number of hydrogen-bond donors (Lipinski definition) is 1. The molecule has 6 nitrogen and oxygen atoms in total. The molecule has 4 aromatic rings. The molecule has 0 aliphatic carbocycles. The van der Waals surface area contributed by atoms with Crippen LogP contribution in [0.25, 0.3) is 10.9 Å². The predicted molar refractivity (Wildman–Crippen MR) is 112 cm³/mol. The first-order chi connectivity index (χ1) is 13.5. The summed E-state index contributed by atoms with van der Waals surface area (Å²) in [6.07, 6.45) is 2.94. The number of fused-ring (bicyclic) bond motifs is 1. The molecule has 0 fully saturated rings. The minimum atomic E-state index is -0.212. The van der Waals surface area contributed by atoms with E-state index in [1.165, 1.54) is 28.9 Å². The van der Waals surface area contributed by atoms with E-state index in [-0.39, 0.29) is 16.5 Å². The highest BCUT2D eigenvalue weighted by atomic mass is 35.5. The number of nitrogens with zero attached hydrogens (tertiary/aromatic N) is 4. The molecule has 0 aliphatic rings. The number of rotatable bonds is 4. The normalized spacial score (nSPS) is 11.1. The van der Waals surface area contributed by atoms with Gasteiger partial charge in [0, 0.05) is 4.90 Å². The van der Waals surface area contributed by atoms with Crippen LogP contribution >= 0.6 is 35.0 Å². The zero-order valence-corrected chi connectivity index (χ0v) is 16.7. The summed E-state index contributed by atoms with van der Waals surface area (Å²) in [6.45, 7) is 0.409. The molecule has 0 spiro atoms. The Morgan fingerprint density at radius 3 is 2.61 bits per heavy atom. The van der Waals surface area contributed by atoms with Gasteiger partial charge in [-0.25, -0.2) is 15.0 Å². The third kappa shape index (κ3) is 3.69. The van der Waals surface area contributed by atoms with Crippen molar-refractivity contribution in [3.63, 3.8) is 0 Å². The summed E-state index contributed by atoms with van der Waals surface area (Å²) < 4.78 is 1.54. The van der Waals surface area contributed by atoms with Gasteiger partial charge in [0.1, 0.15) is 10.2 Å².